The number of nitro benzene ring substituents is 1. The molecular formula is C15H14N2O4. The van der Waals surface area contributed by atoms with Gasteiger partial charge in [0, 0.05) is 30.2 Å². The Kier molecular flexibility index (Phi) is 3.21. The van der Waals surface area contributed by atoms with Crippen LogP contribution in [0.15, 0.2) is 36.4 Å². The zero-order chi connectivity index (χ0) is 15.0. The van der Waals surface area contributed by atoms with Crippen LogP contribution in [0.1, 0.15) is 6.42 Å². The van der Waals surface area contributed by atoms with Crippen molar-refractivity contribution in [2.24, 2.45) is 5.92 Å². The Morgan fingerprint density at radius 1 is 1.24 bits per heavy atom. The number of aliphatic carboxylic acids is 1. The van der Waals surface area contributed by atoms with E-state index >= 15 is 0 Å². The standard InChI is InChI=1S/C15H14N2O4/c18-15(19)10-7-8-16(9-10)13-5-6-14(17(20)21)12-4-2-1-3-11(12)13/h1-6,10H,7-9H2,(H,18,19). The SMILES string of the molecule is O=C(O)C1CCN(c2ccc([N+](=O)[O-])c3ccccc23)C1. The number of fused-ring (bicyclic) bond motifs is 1. The van der Waals surface area contributed by atoms with Gasteiger partial charge in [-0.05, 0) is 18.6 Å². The summed E-state index contributed by atoms with van der Waals surface area (Å²) in [4.78, 5) is 23.8. The van der Waals surface area contributed by atoms with E-state index in [1.807, 2.05) is 17.0 Å². The molecule has 1 heterocycles. The van der Waals surface area contributed by atoms with Crippen molar-refractivity contribution < 1.29 is 14.8 Å². The minimum atomic E-state index is -0.788. The largest absolute Gasteiger partial charge is 0.481 e. The van der Waals surface area contributed by atoms with Gasteiger partial charge in [0.2, 0.25) is 0 Å². The van der Waals surface area contributed by atoms with Gasteiger partial charge in [0.1, 0.15) is 0 Å². The highest BCUT2D eigenvalue weighted by Crippen LogP contribution is 2.35. The van der Waals surface area contributed by atoms with Crippen molar-refractivity contribution in [1.82, 2.24) is 0 Å². The van der Waals surface area contributed by atoms with E-state index in [0.29, 0.717) is 24.9 Å². The highest BCUT2D eigenvalue weighted by atomic mass is 16.6. The second-order valence-electron chi connectivity index (χ2n) is 5.18. The van der Waals surface area contributed by atoms with Crippen molar-refractivity contribution in [2.75, 3.05) is 18.0 Å². The van der Waals surface area contributed by atoms with Crippen LogP contribution in [0.5, 0.6) is 0 Å². The number of carboxylic acids is 1. The second-order valence-corrected chi connectivity index (χ2v) is 5.18. The number of nitrogens with zero attached hydrogens (tertiary/aromatic N) is 2. The lowest BCUT2D eigenvalue weighted by Gasteiger charge is -2.20. The van der Waals surface area contributed by atoms with Gasteiger partial charge in [0.15, 0.2) is 0 Å². The second kappa shape index (κ2) is 5.05. The molecule has 0 aliphatic carbocycles. The van der Waals surface area contributed by atoms with Crippen molar-refractivity contribution in [1.29, 1.82) is 0 Å². The molecule has 1 saturated heterocycles. The lowest BCUT2D eigenvalue weighted by molar-refractivity contribution is -0.383. The van der Waals surface area contributed by atoms with Crippen LogP contribution >= 0.6 is 0 Å². The fourth-order valence-corrected chi connectivity index (χ4v) is 2.88. The van der Waals surface area contributed by atoms with Gasteiger partial charge in [-0.15, -0.1) is 0 Å². The van der Waals surface area contributed by atoms with Crippen LogP contribution < -0.4 is 4.90 Å². The molecule has 1 atom stereocenters. The molecule has 3 rings (SSSR count). The van der Waals surface area contributed by atoms with Gasteiger partial charge in [-0.3, -0.25) is 14.9 Å². The van der Waals surface area contributed by atoms with Crippen molar-refractivity contribution in [3.63, 3.8) is 0 Å². The Hall–Kier alpha value is -2.63. The predicted octanol–water partition coefficient (Wildman–Crippen LogP) is 2.66. The lowest BCUT2D eigenvalue weighted by atomic mass is 10.1. The maximum Gasteiger partial charge on any atom is 0.308 e. The fourth-order valence-electron chi connectivity index (χ4n) is 2.88. The molecule has 0 saturated carbocycles. The van der Waals surface area contributed by atoms with Gasteiger partial charge in [-0.1, -0.05) is 18.2 Å². The molecule has 2 aromatic rings. The highest BCUT2D eigenvalue weighted by molar-refractivity contribution is 6.00. The first-order valence-corrected chi connectivity index (χ1v) is 6.72. The molecule has 1 unspecified atom stereocenters. The molecule has 0 spiro atoms. The lowest BCUT2D eigenvalue weighted by Crippen LogP contribution is -2.22. The monoisotopic (exact) mass is 286 g/mol. The molecule has 0 bridgehead atoms. The molecule has 1 aliphatic rings. The average molecular weight is 286 g/mol. The number of anilines is 1. The number of carboxylic acid groups (broad SMARTS) is 1. The first-order chi connectivity index (χ1) is 10.1. The van der Waals surface area contributed by atoms with Crippen LogP contribution in [0.4, 0.5) is 11.4 Å². The molecular weight excluding hydrogens is 272 g/mol. The van der Waals surface area contributed by atoms with Gasteiger partial charge in [0.25, 0.3) is 5.69 Å². The number of hydrogen-bond acceptors (Lipinski definition) is 4. The topological polar surface area (TPSA) is 83.7 Å². The van der Waals surface area contributed by atoms with Crippen molar-refractivity contribution in [2.45, 2.75) is 6.42 Å². The zero-order valence-corrected chi connectivity index (χ0v) is 11.2. The van der Waals surface area contributed by atoms with E-state index in [-0.39, 0.29) is 11.6 Å². The van der Waals surface area contributed by atoms with Crippen molar-refractivity contribution >= 4 is 28.1 Å². The first-order valence-electron chi connectivity index (χ1n) is 6.72. The zero-order valence-electron chi connectivity index (χ0n) is 11.2. The third-order valence-corrected chi connectivity index (χ3v) is 3.95. The molecule has 1 fully saturated rings. The van der Waals surface area contributed by atoms with Gasteiger partial charge in [-0.2, -0.15) is 0 Å². The summed E-state index contributed by atoms with van der Waals surface area (Å²) in [5.41, 5.74) is 0.934. The van der Waals surface area contributed by atoms with Gasteiger partial charge in [-0.25, -0.2) is 0 Å². The van der Waals surface area contributed by atoms with Gasteiger partial charge < -0.3 is 10.0 Å². The van der Waals surface area contributed by atoms with Crippen LogP contribution in [-0.4, -0.2) is 29.1 Å². The number of hydrogen-bond donors (Lipinski definition) is 1. The number of non-ortho nitro benzene ring substituents is 1. The minimum Gasteiger partial charge on any atom is -0.481 e. The van der Waals surface area contributed by atoms with Crippen LogP contribution in [0.25, 0.3) is 10.8 Å². The van der Waals surface area contributed by atoms with E-state index in [9.17, 15) is 14.9 Å². The molecule has 21 heavy (non-hydrogen) atoms. The molecule has 108 valence electrons. The van der Waals surface area contributed by atoms with E-state index in [2.05, 4.69) is 0 Å². The molecule has 0 radical (unpaired) electrons. The number of benzene rings is 2. The van der Waals surface area contributed by atoms with E-state index in [1.54, 1.807) is 18.2 Å². The third-order valence-electron chi connectivity index (χ3n) is 3.95. The van der Waals surface area contributed by atoms with Crippen LogP contribution in [0, 0.1) is 16.0 Å². The quantitative estimate of drug-likeness (QED) is 0.692. The predicted molar refractivity (Wildman–Crippen MR) is 78.6 cm³/mol. The summed E-state index contributed by atoms with van der Waals surface area (Å²) in [6, 6.07) is 10.4. The highest BCUT2D eigenvalue weighted by Gasteiger charge is 2.29. The molecule has 1 N–H and O–H groups in total. The summed E-state index contributed by atoms with van der Waals surface area (Å²) in [5.74, 6) is -1.16. The van der Waals surface area contributed by atoms with Crippen LogP contribution in [-0.2, 0) is 4.79 Å². The van der Waals surface area contributed by atoms with Crippen molar-refractivity contribution in [3.8, 4) is 0 Å². The average Bonchev–Trinajstić information content (AvgIpc) is 2.95. The molecule has 6 nitrogen and oxygen atoms in total. The van der Waals surface area contributed by atoms with E-state index in [4.69, 9.17) is 5.11 Å². The van der Waals surface area contributed by atoms with Crippen LogP contribution in [0.3, 0.4) is 0 Å². The number of rotatable bonds is 3. The third kappa shape index (κ3) is 2.29. The summed E-state index contributed by atoms with van der Waals surface area (Å²) < 4.78 is 0. The van der Waals surface area contributed by atoms with Gasteiger partial charge >= 0.3 is 5.97 Å². The minimum absolute atomic E-state index is 0.0725. The first kappa shape index (κ1) is 13.4. The summed E-state index contributed by atoms with van der Waals surface area (Å²) in [7, 11) is 0. The maximum absolute atomic E-state index is 11.1. The Labute approximate surface area is 120 Å². The van der Waals surface area contributed by atoms with E-state index < -0.39 is 10.9 Å². The van der Waals surface area contributed by atoms with Crippen molar-refractivity contribution in [3.05, 3.63) is 46.5 Å². The smallest absolute Gasteiger partial charge is 0.308 e. The van der Waals surface area contributed by atoms with Crippen LogP contribution in [0.2, 0.25) is 0 Å². The Morgan fingerprint density at radius 3 is 2.57 bits per heavy atom. The van der Waals surface area contributed by atoms with Gasteiger partial charge in [0.05, 0.1) is 16.2 Å². The normalized spacial score (nSPS) is 18.1. The molecule has 6 heteroatoms. The Morgan fingerprint density at radius 2 is 1.95 bits per heavy atom. The Bertz CT molecular complexity index is 729. The number of nitro groups is 1. The summed E-state index contributed by atoms with van der Waals surface area (Å²) in [6.07, 6.45) is 0.598. The van der Waals surface area contributed by atoms with E-state index in [0.717, 1.165) is 11.1 Å². The molecule has 1 aliphatic heterocycles. The molecule has 0 aromatic heterocycles. The summed E-state index contributed by atoms with van der Waals surface area (Å²) in [5, 5.41) is 21.6. The maximum atomic E-state index is 11.1. The number of carbonyl (C=O) groups is 1. The molecule has 2 aromatic carbocycles. The fraction of sp³-hybridized carbons (Fsp3) is 0.267. The Balaban J connectivity index is 2.07. The summed E-state index contributed by atoms with van der Waals surface area (Å²) >= 11 is 0. The molecule has 0 amide bonds. The summed E-state index contributed by atoms with van der Waals surface area (Å²) in [6.45, 7) is 1.09. The van der Waals surface area contributed by atoms with E-state index in [1.165, 1.54) is 6.07 Å².